The first-order valence-corrected chi connectivity index (χ1v) is 5.54. The summed E-state index contributed by atoms with van der Waals surface area (Å²) in [6.07, 6.45) is 1.71. The molecule has 0 aromatic heterocycles. The van der Waals surface area contributed by atoms with Gasteiger partial charge in [-0.05, 0) is 11.6 Å². The average molecular weight is 278 g/mol. The Morgan fingerprint density at radius 2 is 2.11 bits per heavy atom. The number of hydrogen-bond acceptors (Lipinski definition) is 5. The van der Waals surface area contributed by atoms with Crippen molar-refractivity contribution in [1.82, 2.24) is 0 Å². The molecular formula is C11H13NNaO4S. The van der Waals surface area contributed by atoms with Gasteiger partial charge in [0.2, 0.25) is 0 Å². The van der Waals surface area contributed by atoms with Crippen molar-refractivity contribution in [3.63, 3.8) is 0 Å². The van der Waals surface area contributed by atoms with Gasteiger partial charge in [0.15, 0.2) is 6.04 Å². The SMILES string of the molecule is O=C(O)[C@H](CS)N=CCc1ccc(O)cc1O.[Na]. The fourth-order valence-corrected chi connectivity index (χ4v) is 1.44. The number of thiol groups is 1. The summed E-state index contributed by atoms with van der Waals surface area (Å²) in [5.41, 5.74) is 0.565. The molecule has 1 rings (SSSR count). The number of phenols is 2. The largest absolute Gasteiger partial charge is 0.508 e. The predicted molar refractivity (Wildman–Crippen MR) is 73.0 cm³/mol. The van der Waals surface area contributed by atoms with Gasteiger partial charge in [-0.2, -0.15) is 12.6 Å². The number of aliphatic imine (C=N–C) groups is 1. The van der Waals surface area contributed by atoms with Crippen LogP contribution >= 0.6 is 12.6 Å². The molecule has 93 valence electrons. The molecule has 0 bridgehead atoms. The number of carboxylic acid groups (broad SMARTS) is 1. The van der Waals surface area contributed by atoms with E-state index in [0.29, 0.717) is 12.0 Å². The minimum atomic E-state index is -1.04. The maximum atomic E-state index is 10.6. The van der Waals surface area contributed by atoms with Crippen molar-refractivity contribution in [2.45, 2.75) is 12.5 Å². The van der Waals surface area contributed by atoms with Gasteiger partial charge in [0.05, 0.1) is 0 Å². The third-order valence-electron chi connectivity index (χ3n) is 2.12. The van der Waals surface area contributed by atoms with Gasteiger partial charge in [0, 0.05) is 54.0 Å². The van der Waals surface area contributed by atoms with Crippen molar-refractivity contribution in [3.8, 4) is 11.5 Å². The molecule has 0 saturated carbocycles. The molecule has 3 N–H and O–H groups in total. The normalized spacial score (nSPS) is 12.1. The molecule has 1 aromatic rings. The van der Waals surface area contributed by atoms with Crippen molar-refractivity contribution >= 4 is 54.4 Å². The molecule has 1 aromatic carbocycles. The molecule has 5 nitrogen and oxygen atoms in total. The standard InChI is InChI=1S/C11H13NO4S.Na/c13-8-2-1-7(10(14)5-8)3-4-12-9(6-17)11(15)16;/h1-2,4-5,9,13-14,17H,3,6H2,(H,15,16);/t9-;/m0./s1. The third-order valence-corrected chi connectivity index (χ3v) is 2.47. The second-order valence-electron chi connectivity index (χ2n) is 3.39. The van der Waals surface area contributed by atoms with Crippen LogP contribution in [0.4, 0.5) is 0 Å². The van der Waals surface area contributed by atoms with Gasteiger partial charge < -0.3 is 15.3 Å². The molecule has 0 amide bonds. The van der Waals surface area contributed by atoms with E-state index in [-0.39, 0.29) is 46.8 Å². The van der Waals surface area contributed by atoms with Gasteiger partial charge in [0.25, 0.3) is 0 Å². The fourth-order valence-electron chi connectivity index (χ4n) is 1.19. The predicted octanol–water partition coefficient (Wildman–Crippen LogP) is 0.713. The molecule has 0 spiro atoms. The molecule has 7 heteroatoms. The summed E-state index contributed by atoms with van der Waals surface area (Å²) in [5, 5.41) is 27.3. The molecule has 0 saturated heterocycles. The molecule has 1 atom stereocenters. The molecule has 0 heterocycles. The summed E-state index contributed by atoms with van der Waals surface area (Å²) in [5.74, 6) is -0.991. The molecule has 18 heavy (non-hydrogen) atoms. The monoisotopic (exact) mass is 278 g/mol. The Hall–Kier alpha value is -0.690. The Morgan fingerprint density at radius 3 is 2.61 bits per heavy atom. The maximum absolute atomic E-state index is 10.6. The van der Waals surface area contributed by atoms with Crippen LogP contribution in [0.25, 0.3) is 0 Å². The molecular weight excluding hydrogens is 265 g/mol. The number of nitrogens with zero attached hydrogens (tertiary/aromatic N) is 1. The first-order valence-electron chi connectivity index (χ1n) is 4.90. The minimum absolute atomic E-state index is 0. The number of benzene rings is 1. The van der Waals surface area contributed by atoms with E-state index in [1.54, 1.807) is 6.07 Å². The zero-order valence-electron chi connectivity index (χ0n) is 9.95. The second kappa shape index (κ2) is 8.42. The van der Waals surface area contributed by atoms with Crippen LogP contribution in [0.5, 0.6) is 11.5 Å². The van der Waals surface area contributed by atoms with Gasteiger partial charge in [-0.25, -0.2) is 4.79 Å². The zero-order chi connectivity index (χ0) is 12.8. The minimum Gasteiger partial charge on any atom is -0.508 e. The number of carbonyl (C=O) groups is 1. The summed E-state index contributed by atoms with van der Waals surface area (Å²) in [6, 6.07) is 3.33. The molecule has 0 aliphatic carbocycles. The number of carboxylic acids is 1. The fraction of sp³-hybridized carbons (Fsp3) is 0.273. The van der Waals surface area contributed by atoms with E-state index in [9.17, 15) is 9.90 Å². The van der Waals surface area contributed by atoms with Crippen molar-refractivity contribution in [1.29, 1.82) is 0 Å². The van der Waals surface area contributed by atoms with Crippen LogP contribution in [-0.2, 0) is 11.2 Å². The number of phenolic OH excluding ortho intramolecular Hbond substituents is 2. The number of aromatic hydroxyl groups is 2. The second-order valence-corrected chi connectivity index (χ2v) is 3.75. The van der Waals surface area contributed by atoms with Crippen molar-refractivity contribution < 1.29 is 20.1 Å². The summed E-state index contributed by atoms with van der Waals surface area (Å²) in [6.45, 7) is 0. The summed E-state index contributed by atoms with van der Waals surface area (Å²) in [7, 11) is 0. The van der Waals surface area contributed by atoms with E-state index < -0.39 is 12.0 Å². The van der Waals surface area contributed by atoms with Crippen molar-refractivity contribution in [2.24, 2.45) is 4.99 Å². The van der Waals surface area contributed by atoms with Crippen molar-refractivity contribution in [2.75, 3.05) is 5.75 Å². The van der Waals surface area contributed by atoms with E-state index in [1.165, 1.54) is 18.3 Å². The molecule has 1 radical (unpaired) electrons. The quantitative estimate of drug-likeness (QED) is 0.363. The number of hydrogen-bond donors (Lipinski definition) is 4. The molecule has 0 unspecified atom stereocenters. The van der Waals surface area contributed by atoms with E-state index in [0.717, 1.165) is 0 Å². The van der Waals surface area contributed by atoms with E-state index in [2.05, 4.69) is 17.6 Å². The zero-order valence-corrected chi connectivity index (χ0v) is 12.8. The van der Waals surface area contributed by atoms with Crippen LogP contribution in [0.3, 0.4) is 0 Å². The first kappa shape index (κ1) is 17.3. The Bertz CT molecular complexity index is 439. The summed E-state index contributed by atoms with van der Waals surface area (Å²) < 4.78 is 0. The number of aliphatic carboxylic acids is 1. The molecule has 0 fully saturated rings. The van der Waals surface area contributed by atoms with E-state index in [4.69, 9.17) is 10.2 Å². The first-order chi connectivity index (χ1) is 8.04. The summed E-state index contributed by atoms with van der Waals surface area (Å²) >= 11 is 3.87. The van der Waals surface area contributed by atoms with Gasteiger partial charge in [-0.1, -0.05) is 6.07 Å². The van der Waals surface area contributed by atoms with Gasteiger partial charge in [-0.15, -0.1) is 0 Å². The van der Waals surface area contributed by atoms with E-state index in [1.807, 2.05) is 0 Å². The Kier molecular flexibility index (Phi) is 8.10. The third kappa shape index (κ3) is 5.30. The Labute approximate surface area is 132 Å². The maximum Gasteiger partial charge on any atom is 0.329 e. The number of rotatable bonds is 5. The van der Waals surface area contributed by atoms with Crippen LogP contribution in [0.1, 0.15) is 5.56 Å². The van der Waals surface area contributed by atoms with Crippen LogP contribution in [0.15, 0.2) is 23.2 Å². The molecule has 0 aliphatic rings. The van der Waals surface area contributed by atoms with Gasteiger partial charge in [0.1, 0.15) is 11.5 Å². The van der Waals surface area contributed by atoms with Gasteiger partial charge >= 0.3 is 5.97 Å². The van der Waals surface area contributed by atoms with Crippen LogP contribution < -0.4 is 0 Å². The smallest absolute Gasteiger partial charge is 0.329 e. The van der Waals surface area contributed by atoms with Crippen LogP contribution in [-0.4, -0.2) is 68.9 Å². The van der Waals surface area contributed by atoms with Crippen LogP contribution in [0.2, 0.25) is 0 Å². The van der Waals surface area contributed by atoms with E-state index >= 15 is 0 Å². The van der Waals surface area contributed by atoms with Crippen LogP contribution in [0, 0.1) is 0 Å². The Morgan fingerprint density at radius 1 is 1.44 bits per heavy atom. The van der Waals surface area contributed by atoms with Gasteiger partial charge in [-0.3, -0.25) is 4.99 Å². The Balaban J connectivity index is 0.00000289. The molecule has 0 aliphatic heterocycles. The summed E-state index contributed by atoms with van der Waals surface area (Å²) in [4.78, 5) is 14.5. The topological polar surface area (TPSA) is 90.1 Å². The van der Waals surface area contributed by atoms with Crippen molar-refractivity contribution in [3.05, 3.63) is 23.8 Å². The average Bonchev–Trinajstić information content (AvgIpc) is 2.26.